The number of ketones is 1. The predicted octanol–water partition coefficient (Wildman–Crippen LogP) is 4.27. The number of aliphatic hydroxyl groups excluding tert-OH is 1. The Kier molecular flexibility index (Phi) is 2.75. The summed E-state index contributed by atoms with van der Waals surface area (Å²) in [6.45, 7) is 4.85. The second-order valence-electron chi connectivity index (χ2n) is 9.94. The predicted molar refractivity (Wildman–Crippen MR) is 89.8 cm³/mol. The number of allylic oxidation sites excluding steroid dienone is 1. The zero-order chi connectivity index (χ0) is 16.0. The maximum absolute atomic E-state index is 12.1. The summed E-state index contributed by atoms with van der Waals surface area (Å²) in [5.74, 6) is 2.61. The Labute approximate surface area is 139 Å². The minimum Gasteiger partial charge on any atom is -0.393 e. The van der Waals surface area contributed by atoms with Gasteiger partial charge in [0.1, 0.15) is 0 Å². The lowest BCUT2D eigenvalue weighted by Gasteiger charge is -2.60. The van der Waals surface area contributed by atoms with Crippen molar-refractivity contribution >= 4 is 5.78 Å². The van der Waals surface area contributed by atoms with Gasteiger partial charge in [0, 0.05) is 6.42 Å². The molecule has 5 rings (SSSR count). The maximum atomic E-state index is 12.1. The van der Waals surface area contributed by atoms with Gasteiger partial charge >= 0.3 is 0 Å². The molecule has 4 saturated carbocycles. The van der Waals surface area contributed by atoms with Crippen molar-refractivity contribution in [2.45, 2.75) is 77.7 Å². The molecule has 2 heteroatoms. The highest BCUT2D eigenvalue weighted by Crippen LogP contribution is 2.74. The Morgan fingerprint density at radius 2 is 1.83 bits per heavy atom. The highest BCUT2D eigenvalue weighted by molar-refractivity contribution is 5.92. The van der Waals surface area contributed by atoms with Crippen LogP contribution in [0.5, 0.6) is 0 Å². The third-order valence-corrected chi connectivity index (χ3v) is 9.07. The second-order valence-corrected chi connectivity index (χ2v) is 9.94. The molecular weight excluding hydrogens is 284 g/mol. The average Bonchev–Trinajstić information content (AvgIpc) is 3.21. The van der Waals surface area contributed by atoms with Crippen molar-refractivity contribution in [1.29, 1.82) is 0 Å². The van der Waals surface area contributed by atoms with Crippen LogP contribution in [0.3, 0.4) is 0 Å². The number of carbonyl (C=O) groups is 1. The molecule has 0 aromatic carbocycles. The zero-order valence-electron chi connectivity index (χ0n) is 14.6. The Bertz CT molecular complexity index is 601. The molecule has 6 atom stereocenters. The minimum absolute atomic E-state index is 0.0821. The van der Waals surface area contributed by atoms with Gasteiger partial charge in [-0.25, -0.2) is 0 Å². The lowest BCUT2D eigenvalue weighted by Crippen LogP contribution is -2.53. The highest BCUT2D eigenvalue weighted by atomic mass is 16.3. The van der Waals surface area contributed by atoms with Crippen molar-refractivity contribution in [1.82, 2.24) is 0 Å². The summed E-state index contributed by atoms with van der Waals surface area (Å²) in [5.41, 5.74) is 2.35. The SMILES string of the molecule is C[C@]12CC[C@H]3[C@@H](CC4(CC4)C4=CC(=O)CC[C@@]43C)[C@@H]1CC[C@H]2O. The molecule has 0 bridgehead atoms. The molecule has 0 aromatic rings. The first kappa shape index (κ1) is 14.7. The van der Waals surface area contributed by atoms with Gasteiger partial charge < -0.3 is 5.11 Å². The van der Waals surface area contributed by atoms with E-state index in [1.807, 2.05) is 0 Å². The van der Waals surface area contributed by atoms with Crippen molar-refractivity contribution in [3.63, 3.8) is 0 Å². The van der Waals surface area contributed by atoms with Gasteiger partial charge in [0.2, 0.25) is 0 Å². The van der Waals surface area contributed by atoms with Crippen LogP contribution in [0.2, 0.25) is 0 Å². The van der Waals surface area contributed by atoms with E-state index >= 15 is 0 Å². The van der Waals surface area contributed by atoms with Gasteiger partial charge in [-0.3, -0.25) is 4.79 Å². The van der Waals surface area contributed by atoms with Gasteiger partial charge in [-0.05, 0) is 91.4 Å². The number of fused-ring (bicyclic) bond motifs is 6. The first-order valence-corrected chi connectivity index (χ1v) is 9.83. The third kappa shape index (κ3) is 1.72. The van der Waals surface area contributed by atoms with E-state index in [4.69, 9.17) is 0 Å². The summed E-state index contributed by atoms with van der Waals surface area (Å²) in [7, 11) is 0. The van der Waals surface area contributed by atoms with E-state index < -0.39 is 0 Å². The average molecular weight is 314 g/mol. The molecule has 0 saturated heterocycles. The molecule has 5 aliphatic carbocycles. The van der Waals surface area contributed by atoms with Gasteiger partial charge in [-0.1, -0.05) is 19.4 Å². The molecule has 0 heterocycles. The largest absolute Gasteiger partial charge is 0.393 e. The quantitative estimate of drug-likeness (QED) is 0.725. The molecular formula is C21H30O2. The van der Waals surface area contributed by atoms with Crippen molar-refractivity contribution in [3.8, 4) is 0 Å². The summed E-state index contributed by atoms with van der Waals surface area (Å²) in [6, 6.07) is 0. The molecule has 2 nitrogen and oxygen atoms in total. The molecule has 126 valence electrons. The molecule has 1 N–H and O–H groups in total. The molecule has 4 fully saturated rings. The molecule has 0 aromatic heterocycles. The summed E-state index contributed by atoms with van der Waals surface area (Å²) in [5, 5.41) is 10.6. The third-order valence-electron chi connectivity index (χ3n) is 9.07. The molecule has 0 unspecified atom stereocenters. The van der Waals surface area contributed by atoms with Crippen LogP contribution in [-0.2, 0) is 4.79 Å². The lowest BCUT2D eigenvalue weighted by atomic mass is 9.44. The second kappa shape index (κ2) is 4.31. The van der Waals surface area contributed by atoms with Crippen molar-refractivity contribution in [2.24, 2.45) is 34.0 Å². The first-order chi connectivity index (χ1) is 10.9. The van der Waals surface area contributed by atoms with Crippen LogP contribution in [-0.4, -0.2) is 17.0 Å². The molecule has 5 aliphatic rings. The maximum Gasteiger partial charge on any atom is 0.155 e. The lowest BCUT2D eigenvalue weighted by molar-refractivity contribution is -0.119. The molecule has 23 heavy (non-hydrogen) atoms. The van der Waals surface area contributed by atoms with E-state index in [1.165, 1.54) is 38.5 Å². The van der Waals surface area contributed by atoms with Gasteiger partial charge in [0.05, 0.1) is 6.10 Å². The summed E-state index contributed by atoms with van der Waals surface area (Å²) in [4.78, 5) is 12.1. The van der Waals surface area contributed by atoms with E-state index in [0.29, 0.717) is 17.1 Å². The minimum atomic E-state index is -0.0821. The fourth-order valence-electron chi connectivity index (χ4n) is 7.58. The van der Waals surface area contributed by atoms with Crippen LogP contribution in [0.25, 0.3) is 0 Å². The van der Waals surface area contributed by atoms with Gasteiger partial charge in [-0.15, -0.1) is 0 Å². The fraction of sp³-hybridized carbons (Fsp3) is 0.857. The summed E-state index contributed by atoms with van der Waals surface area (Å²) in [6.07, 6.45) is 12.4. The number of carbonyl (C=O) groups excluding carboxylic acids is 1. The van der Waals surface area contributed by atoms with E-state index in [9.17, 15) is 9.90 Å². The Morgan fingerprint density at radius 1 is 1.04 bits per heavy atom. The van der Waals surface area contributed by atoms with Gasteiger partial charge in [0.25, 0.3) is 0 Å². The van der Waals surface area contributed by atoms with E-state index in [1.54, 1.807) is 5.57 Å². The Balaban J connectivity index is 1.59. The van der Waals surface area contributed by atoms with Crippen molar-refractivity contribution in [2.75, 3.05) is 0 Å². The molecule has 0 aliphatic heterocycles. The van der Waals surface area contributed by atoms with E-state index in [0.717, 1.165) is 31.1 Å². The Hall–Kier alpha value is -0.630. The normalized spacial score (nSPS) is 53.3. The smallest absolute Gasteiger partial charge is 0.155 e. The number of hydrogen-bond donors (Lipinski definition) is 1. The van der Waals surface area contributed by atoms with Crippen LogP contribution >= 0.6 is 0 Å². The monoisotopic (exact) mass is 314 g/mol. The van der Waals surface area contributed by atoms with Crippen LogP contribution in [0.15, 0.2) is 11.6 Å². The topological polar surface area (TPSA) is 37.3 Å². The van der Waals surface area contributed by atoms with Crippen LogP contribution in [0, 0.1) is 34.0 Å². The molecule has 0 radical (unpaired) electrons. The van der Waals surface area contributed by atoms with Gasteiger partial charge in [-0.2, -0.15) is 0 Å². The van der Waals surface area contributed by atoms with Crippen LogP contribution < -0.4 is 0 Å². The first-order valence-electron chi connectivity index (χ1n) is 9.83. The molecule has 1 spiro atoms. The van der Waals surface area contributed by atoms with Crippen LogP contribution in [0.4, 0.5) is 0 Å². The van der Waals surface area contributed by atoms with Crippen LogP contribution in [0.1, 0.15) is 71.6 Å². The number of rotatable bonds is 0. The number of aliphatic hydroxyl groups is 1. The van der Waals surface area contributed by atoms with E-state index in [2.05, 4.69) is 19.9 Å². The van der Waals surface area contributed by atoms with E-state index in [-0.39, 0.29) is 16.9 Å². The van der Waals surface area contributed by atoms with Gasteiger partial charge in [0.15, 0.2) is 5.78 Å². The summed E-state index contributed by atoms with van der Waals surface area (Å²) < 4.78 is 0. The Morgan fingerprint density at radius 3 is 2.57 bits per heavy atom. The zero-order valence-corrected chi connectivity index (χ0v) is 14.6. The highest BCUT2D eigenvalue weighted by Gasteiger charge is 2.66. The molecule has 0 amide bonds. The standard InChI is InChI=1S/C21H30O2/c1-19-7-5-13(22)11-17(19)21(9-10-21)12-14-15-3-4-18(23)20(15,2)8-6-16(14)19/h11,14-16,18,23H,3-10,12H2,1-2H3/t14-,15-,16-,18+,19+,20-/m0/s1. The fourth-order valence-corrected chi connectivity index (χ4v) is 7.58. The number of hydrogen-bond acceptors (Lipinski definition) is 2. The van der Waals surface area contributed by atoms with Crippen molar-refractivity contribution < 1.29 is 9.90 Å². The summed E-state index contributed by atoms with van der Waals surface area (Å²) >= 11 is 0. The van der Waals surface area contributed by atoms with Crippen molar-refractivity contribution in [3.05, 3.63) is 11.6 Å².